The molecule has 0 aliphatic rings. The molecule has 0 amide bonds. The fourth-order valence-corrected chi connectivity index (χ4v) is 2.71. The van der Waals surface area contributed by atoms with Crippen LogP contribution in [0.1, 0.15) is 65.7 Å². The van der Waals surface area contributed by atoms with E-state index in [1.54, 1.807) is 13.3 Å². The van der Waals surface area contributed by atoms with Crippen LogP contribution in [-0.2, 0) is 0 Å². The maximum Gasteiger partial charge on any atom is 0.214 e. The van der Waals surface area contributed by atoms with Gasteiger partial charge in [-0.15, -0.1) is 0 Å². The molecule has 21 heavy (non-hydrogen) atoms. The van der Waals surface area contributed by atoms with Crippen LogP contribution >= 0.6 is 0 Å². The Morgan fingerprint density at radius 1 is 1.14 bits per heavy atom. The van der Waals surface area contributed by atoms with Crippen molar-refractivity contribution in [2.45, 2.75) is 71.8 Å². The van der Waals surface area contributed by atoms with E-state index >= 15 is 0 Å². The molecule has 1 rings (SSSR count). The zero-order valence-corrected chi connectivity index (χ0v) is 14.2. The lowest BCUT2D eigenvalue weighted by Crippen LogP contribution is -2.19. The van der Waals surface area contributed by atoms with Crippen molar-refractivity contribution < 1.29 is 4.74 Å². The maximum absolute atomic E-state index is 5.18. The van der Waals surface area contributed by atoms with Crippen molar-refractivity contribution in [1.29, 1.82) is 0 Å². The molecule has 0 fully saturated rings. The van der Waals surface area contributed by atoms with Crippen LogP contribution in [0.15, 0.2) is 18.3 Å². The molecule has 0 saturated carbocycles. The van der Waals surface area contributed by atoms with Gasteiger partial charge in [0.1, 0.15) is 0 Å². The summed E-state index contributed by atoms with van der Waals surface area (Å²) in [7, 11) is 1.66. The fourth-order valence-electron chi connectivity index (χ4n) is 2.71. The average Bonchev–Trinajstić information content (AvgIpc) is 2.54. The van der Waals surface area contributed by atoms with Crippen molar-refractivity contribution in [1.82, 2.24) is 4.98 Å². The van der Waals surface area contributed by atoms with Gasteiger partial charge < -0.3 is 10.1 Å². The van der Waals surface area contributed by atoms with E-state index in [2.05, 4.69) is 31.1 Å². The molecular formula is C18H32N2O. The Morgan fingerprint density at radius 2 is 1.95 bits per heavy atom. The van der Waals surface area contributed by atoms with Gasteiger partial charge in [-0.3, -0.25) is 0 Å². The van der Waals surface area contributed by atoms with Crippen LogP contribution in [0.4, 0.5) is 5.69 Å². The molecule has 1 aromatic rings. The van der Waals surface area contributed by atoms with Gasteiger partial charge >= 0.3 is 0 Å². The number of aromatic nitrogens is 1. The molecule has 0 bridgehead atoms. The number of methoxy groups -OCH3 is 1. The highest BCUT2D eigenvalue weighted by Crippen LogP contribution is 2.22. The number of rotatable bonds is 11. The van der Waals surface area contributed by atoms with Gasteiger partial charge in [0.15, 0.2) is 0 Å². The van der Waals surface area contributed by atoms with Crippen LogP contribution in [0.25, 0.3) is 0 Å². The first kappa shape index (κ1) is 17.8. The number of hydrogen-bond donors (Lipinski definition) is 1. The molecule has 0 saturated heterocycles. The molecule has 3 heteroatoms. The first-order valence-electron chi connectivity index (χ1n) is 8.49. The molecule has 0 aliphatic carbocycles. The zero-order chi connectivity index (χ0) is 15.5. The van der Waals surface area contributed by atoms with Gasteiger partial charge in [-0.05, 0) is 31.2 Å². The van der Waals surface area contributed by atoms with Crippen molar-refractivity contribution in [3.63, 3.8) is 0 Å². The second-order valence-electron chi connectivity index (χ2n) is 5.83. The standard InChI is InChI=1S/C18H32N2O/c1-5-8-9-15(6-2)10-11-16(7-3)20-17-12-13-19-18(14-17)21-4/h12-16H,5-11H2,1-4H3,(H,19,20). The normalized spacial score (nSPS) is 13.7. The van der Waals surface area contributed by atoms with E-state index < -0.39 is 0 Å². The highest BCUT2D eigenvalue weighted by Gasteiger charge is 2.11. The summed E-state index contributed by atoms with van der Waals surface area (Å²) in [5, 5.41) is 3.62. The minimum atomic E-state index is 0.535. The van der Waals surface area contributed by atoms with Crippen molar-refractivity contribution in [2.75, 3.05) is 12.4 Å². The number of ether oxygens (including phenoxy) is 1. The average molecular weight is 292 g/mol. The predicted molar refractivity (Wildman–Crippen MR) is 91.0 cm³/mol. The van der Waals surface area contributed by atoms with E-state index in [4.69, 9.17) is 4.74 Å². The molecule has 2 unspecified atom stereocenters. The Balaban J connectivity index is 2.46. The fraction of sp³-hybridized carbons (Fsp3) is 0.722. The molecule has 0 radical (unpaired) electrons. The lowest BCUT2D eigenvalue weighted by molar-refractivity contribution is 0.393. The Kier molecular flexibility index (Phi) is 8.88. The summed E-state index contributed by atoms with van der Waals surface area (Å²) >= 11 is 0. The lowest BCUT2D eigenvalue weighted by Gasteiger charge is -2.21. The minimum Gasteiger partial charge on any atom is -0.481 e. The molecule has 1 heterocycles. The monoisotopic (exact) mass is 292 g/mol. The molecule has 120 valence electrons. The van der Waals surface area contributed by atoms with E-state index in [9.17, 15) is 0 Å². The molecular weight excluding hydrogens is 260 g/mol. The second kappa shape index (κ2) is 10.5. The summed E-state index contributed by atoms with van der Waals surface area (Å²) in [6.45, 7) is 6.85. The number of nitrogens with zero attached hydrogens (tertiary/aromatic N) is 1. The molecule has 3 nitrogen and oxygen atoms in total. The SMILES string of the molecule is CCCCC(CC)CCC(CC)Nc1ccnc(OC)c1. The molecule has 2 atom stereocenters. The van der Waals surface area contributed by atoms with E-state index in [0.29, 0.717) is 11.9 Å². The van der Waals surface area contributed by atoms with Crippen LogP contribution in [-0.4, -0.2) is 18.1 Å². The van der Waals surface area contributed by atoms with Gasteiger partial charge in [0, 0.05) is 24.0 Å². The van der Waals surface area contributed by atoms with Crippen molar-refractivity contribution in [3.05, 3.63) is 18.3 Å². The summed E-state index contributed by atoms with van der Waals surface area (Å²) < 4.78 is 5.18. The smallest absolute Gasteiger partial charge is 0.214 e. The van der Waals surface area contributed by atoms with Gasteiger partial charge in [0.05, 0.1) is 7.11 Å². The van der Waals surface area contributed by atoms with E-state index in [1.165, 1.54) is 38.5 Å². The number of hydrogen-bond acceptors (Lipinski definition) is 3. The molecule has 0 spiro atoms. The van der Waals surface area contributed by atoms with Gasteiger partial charge in [0.2, 0.25) is 5.88 Å². The zero-order valence-electron chi connectivity index (χ0n) is 14.2. The van der Waals surface area contributed by atoms with Gasteiger partial charge in [-0.1, -0.05) is 46.5 Å². The van der Waals surface area contributed by atoms with Crippen molar-refractivity contribution in [3.8, 4) is 5.88 Å². The third-order valence-electron chi connectivity index (χ3n) is 4.27. The Labute approximate surface area is 130 Å². The van der Waals surface area contributed by atoms with Crippen molar-refractivity contribution >= 4 is 5.69 Å². The van der Waals surface area contributed by atoms with E-state index in [1.807, 2.05) is 12.1 Å². The Hall–Kier alpha value is -1.25. The molecule has 0 aromatic carbocycles. The quantitative estimate of drug-likeness (QED) is 0.602. The number of unbranched alkanes of at least 4 members (excludes halogenated alkanes) is 1. The summed E-state index contributed by atoms with van der Waals surface area (Å²) in [5.41, 5.74) is 1.11. The molecule has 0 aliphatic heterocycles. The van der Waals surface area contributed by atoms with Gasteiger partial charge in [-0.25, -0.2) is 4.98 Å². The summed E-state index contributed by atoms with van der Waals surface area (Å²) in [4.78, 5) is 4.15. The summed E-state index contributed by atoms with van der Waals surface area (Å²) in [5.74, 6) is 1.55. The summed E-state index contributed by atoms with van der Waals surface area (Å²) in [6, 6.07) is 4.52. The Bertz CT molecular complexity index is 381. The maximum atomic E-state index is 5.18. The number of pyridine rings is 1. The van der Waals surface area contributed by atoms with Crippen molar-refractivity contribution in [2.24, 2.45) is 5.92 Å². The Morgan fingerprint density at radius 3 is 2.57 bits per heavy atom. The third-order valence-corrected chi connectivity index (χ3v) is 4.27. The molecule has 1 N–H and O–H groups in total. The van der Waals surface area contributed by atoms with Crippen LogP contribution in [0.2, 0.25) is 0 Å². The van der Waals surface area contributed by atoms with Crippen LogP contribution in [0.3, 0.4) is 0 Å². The second-order valence-corrected chi connectivity index (χ2v) is 5.83. The lowest BCUT2D eigenvalue weighted by atomic mass is 9.92. The topological polar surface area (TPSA) is 34.2 Å². The van der Waals surface area contributed by atoms with E-state index in [0.717, 1.165) is 18.0 Å². The minimum absolute atomic E-state index is 0.535. The highest BCUT2D eigenvalue weighted by molar-refractivity contribution is 5.45. The van der Waals surface area contributed by atoms with E-state index in [-0.39, 0.29) is 0 Å². The largest absolute Gasteiger partial charge is 0.481 e. The first-order valence-corrected chi connectivity index (χ1v) is 8.49. The van der Waals surface area contributed by atoms with Gasteiger partial charge in [-0.2, -0.15) is 0 Å². The number of nitrogens with one attached hydrogen (secondary N) is 1. The van der Waals surface area contributed by atoms with Crippen LogP contribution in [0, 0.1) is 5.92 Å². The predicted octanol–water partition coefficient (Wildman–Crippen LogP) is 5.28. The third kappa shape index (κ3) is 6.83. The van der Waals surface area contributed by atoms with Gasteiger partial charge in [0.25, 0.3) is 0 Å². The highest BCUT2D eigenvalue weighted by atomic mass is 16.5. The van der Waals surface area contributed by atoms with Crippen LogP contribution in [0.5, 0.6) is 5.88 Å². The number of anilines is 1. The van der Waals surface area contributed by atoms with Crippen LogP contribution < -0.4 is 10.1 Å². The summed E-state index contributed by atoms with van der Waals surface area (Å²) in [6.07, 6.45) is 10.9. The molecule has 1 aromatic heterocycles. The first-order chi connectivity index (χ1) is 10.2.